The molecule has 0 aromatic carbocycles. The summed E-state index contributed by atoms with van der Waals surface area (Å²) in [6.07, 6.45) is 0.218. The van der Waals surface area contributed by atoms with E-state index in [9.17, 15) is 0 Å². The third kappa shape index (κ3) is 4.96. The highest BCUT2D eigenvalue weighted by Crippen LogP contribution is 2.05. The topological polar surface area (TPSA) is 18.5 Å². The van der Waals surface area contributed by atoms with E-state index in [0.717, 1.165) is 0 Å². The van der Waals surface area contributed by atoms with Crippen LogP contribution < -0.4 is 0 Å². The first-order valence-corrected chi connectivity index (χ1v) is 6.64. The lowest BCUT2D eigenvalue weighted by Gasteiger charge is -2.16. The molecule has 0 saturated heterocycles. The van der Waals surface area contributed by atoms with Crippen molar-refractivity contribution in [1.82, 2.24) is 0 Å². The molecule has 0 aliphatic carbocycles. The zero-order valence-corrected chi connectivity index (χ0v) is 8.70. The van der Waals surface area contributed by atoms with Gasteiger partial charge in [0.25, 0.3) is 0 Å². The normalized spacial score (nSPS) is 14.7. The summed E-state index contributed by atoms with van der Waals surface area (Å²) in [6.45, 7) is 10.5. The number of hydrogen-bond acceptors (Lipinski definition) is 2. The van der Waals surface area contributed by atoms with Gasteiger partial charge < -0.3 is 0 Å². The fourth-order valence-corrected chi connectivity index (χ4v) is 0.707. The van der Waals surface area contributed by atoms with Gasteiger partial charge in [-0.25, -0.2) is 4.89 Å². The minimum Gasteiger partial charge on any atom is -0.291 e. The van der Waals surface area contributed by atoms with Crippen LogP contribution >= 0.6 is 0 Å². The minimum atomic E-state index is -0.990. The van der Waals surface area contributed by atoms with Gasteiger partial charge in [-0.1, -0.05) is 13.8 Å². The molecule has 0 fully saturated rings. The minimum absolute atomic E-state index is 0.218. The Morgan fingerprint density at radius 1 is 1.10 bits per heavy atom. The second kappa shape index (κ2) is 4.88. The average molecular weight is 162 g/mol. The maximum atomic E-state index is 5.13. The second-order valence-electron chi connectivity index (χ2n) is 3.19. The van der Waals surface area contributed by atoms with Crippen LogP contribution in [-0.2, 0) is 9.46 Å². The van der Waals surface area contributed by atoms with Gasteiger partial charge in [-0.2, -0.15) is 0 Å². The monoisotopic (exact) mass is 162 g/mol. The van der Waals surface area contributed by atoms with E-state index < -0.39 is 9.04 Å². The molecule has 10 heavy (non-hydrogen) atoms. The Morgan fingerprint density at radius 3 is 1.90 bits per heavy atom. The molecule has 1 unspecified atom stereocenters. The Balaban J connectivity index is 3.30. The van der Waals surface area contributed by atoms with Crippen molar-refractivity contribution in [2.45, 2.75) is 40.0 Å². The Hall–Kier alpha value is 0.137. The summed E-state index contributed by atoms with van der Waals surface area (Å²) in [7, 11) is -0.990. The van der Waals surface area contributed by atoms with Crippen LogP contribution in [0.15, 0.2) is 0 Å². The summed E-state index contributed by atoms with van der Waals surface area (Å²) in [6, 6.07) is 0. The summed E-state index contributed by atoms with van der Waals surface area (Å²) < 4.78 is 5.10. The van der Waals surface area contributed by atoms with Crippen LogP contribution in [0.25, 0.3) is 0 Å². The Bertz CT molecular complexity index is 83.7. The van der Waals surface area contributed by atoms with Crippen LogP contribution in [0.1, 0.15) is 20.8 Å². The summed E-state index contributed by atoms with van der Waals surface area (Å²) in [5, 5.41) is 0. The molecule has 0 aromatic heterocycles. The van der Waals surface area contributed by atoms with E-state index in [1.165, 1.54) is 0 Å². The zero-order valence-electron chi connectivity index (χ0n) is 7.55. The highest BCUT2D eigenvalue weighted by molar-refractivity contribution is 6.48. The third-order valence-corrected chi connectivity index (χ3v) is 1.83. The van der Waals surface area contributed by atoms with E-state index in [4.69, 9.17) is 9.46 Å². The Labute approximate surface area is 65.2 Å². The van der Waals surface area contributed by atoms with Crippen LogP contribution in [0.2, 0.25) is 13.1 Å². The maximum absolute atomic E-state index is 5.13. The van der Waals surface area contributed by atoms with Crippen molar-refractivity contribution >= 4 is 9.04 Å². The SMILES string of the molecule is CC(C)C(C)OO[SiH](C)C. The Kier molecular flexibility index (Phi) is 4.94. The van der Waals surface area contributed by atoms with E-state index in [0.29, 0.717) is 5.92 Å². The molecule has 0 N–H and O–H groups in total. The quantitative estimate of drug-likeness (QED) is 0.357. The summed E-state index contributed by atoms with van der Waals surface area (Å²) in [5.74, 6) is 0.535. The molecule has 0 radical (unpaired) electrons. The molecule has 0 bridgehead atoms. The molecule has 3 heteroatoms. The molecule has 0 saturated carbocycles. The predicted molar refractivity (Wildman–Crippen MR) is 45.3 cm³/mol. The molecule has 0 spiro atoms. The van der Waals surface area contributed by atoms with E-state index in [2.05, 4.69) is 26.9 Å². The van der Waals surface area contributed by atoms with Gasteiger partial charge in [-0.3, -0.25) is 4.58 Å². The van der Waals surface area contributed by atoms with Crippen LogP contribution in [0.5, 0.6) is 0 Å². The smallest absolute Gasteiger partial charge is 0.218 e. The fraction of sp³-hybridized carbons (Fsp3) is 1.00. The Morgan fingerprint density at radius 2 is 1.60 bits per heavy atom. The van der Waals surface area contributed by atoms with Gasteiger partial charge in [0.15, 0.2) is 0 Å². The van der Waals surface area contributed by atoms with E-state index in [-0.39, 0.29) is 6.10 Å². The second-order valence-corrected chi connectivity index (χ2v) is 5.48. The van der Waals surface area contributed by atoms with Crippen LogP contribution in [0.4, 0.5) is 0 Å². The van der Waals surface area contributed by atoms with E-state index >= 15 is 0 Å². The standard InChI is InChI=1S/C7H18O2Si/c1-6(2)7(3)8-9-10(4)5/h6-7,10H,1-5H3. The summed E-state index contributed by atoms with van der Waals surface area (Å²) in [4.78, 5) is 5.13. The summed E-state index contributed by atoms with van der Waals surface area (Å²) >= 11 is 0. The fourth-order valence-electron chi connectivity index (χ4n) is 0.310. The van der Waals surface area contributed by atoms with Crippen LogP contribution in [-0.4, -0.2) is 15.1 Å². The molecule has 0 aliphatic heterocycles. The predicted octanol–water partition coefficient (Wildman–Crippen LogP) is 1.96. The molecule has 0 heterocycles. The first-order valence-electron chi connectivity index (χ1n) is 3.86. The number of hydrogen-bond donors (Lipinski definition) is 0. The first kappa shape index (κ1) is 10.1. The molecule has 62 valence electrons. The maximum Gasteiger partial charge on any atom is 0.218 e. The average Bonchev–Trinajstić information content (AvgIpc) is 1.82. The van der Waals surface area contributed by atoms with Crippen LogP contribution in [0, 0.1) is 5.92 Å². The van der Waals surface area contributed by atoms with Crippen molar-refractivity contribution < 1.29 is 9.46 Å². The van der Waals surface area contributed by atoms with Gasteiger partial charge in [0.05, 0.1) is 6.10 Å². The zero-order chi connectivity index (χ0) is 8.15. The van der Waals surface area contributed by atoms with Crippen molar-refractivity contribution in [3.8, 4) is 0 Å². The van der Waals surface area contributed by atoms with E-state index in [1.54, 1.807) is 0 Å². The molecule has 1 atom stereocenters. The lowest BCUT2D eigenvalue weighted by Crippen LogP contribution is -2.19. The van der Waals surface area contributed by atoms with Gasteiger partial charge in [-0.05, 0) is 25.9 Å². The van der Waals surface area contributed by atoms with Gasteiger partial charge in [0.2, 0.25) is 9.04 Å². The third-order valence-electron chi connectivity index (χ3n) is 1.34. The van der Waals surface area contributed by atoms with Gasteiger partial charge >= 0.3 is 0 Å². The van der Waals surface area contributed by atoms with Crippen molar-refractivity contribution in [2.75, 3.05) is 0 Å². The van der Waals surface area contributed by atoms with Gasteiger partial charge in [-0.15, -0.1) is 0 Å². The van der Waals surface area contributed by atoms with Crippen molar-refractivity contribution in [2.24, 2.45) is 5.92 Å². The van der Waals surface area contributed by atoms with Crippen molar-refractivity contribution in [1.29, 1.82) is 0 Å². The molecule has 0 rings (SSSR count). The van der Waals surface area contributed by atoms with Crippen molar-refractivity contribution in [3.63, 3.8) is 0 Å². The lowest BCUT2D eigenvalue weighted by molar-refractivity contribution is -0.255. The molecule has 2 nitrogen and oxygen atoms in total. The van der Waals surface area contributed by atoms with Gasteiger partial charge in [0.1, 0.15) is 0 Å². The number of rotatable bonds is 4. The molecular formula is C7H18O2Si. The van der Waals surface area contributed by atoms with Crippen molar-refractivity contribution in [3.05, 3.63) is 0 Å². The van der Waals surface area contributed by atoms with Crippen LogP contribution in [0.3, 0.4) is 0 Å². The highest BCUT2D eigenvalue weighted by atomic mass is 28.3. The summed E-state index contributed by atoms with van der Waals surface area (Å²) in [5.41, 5.74) is 0. The molecule has 0 aliphatic rings. The first-order chi connectivity index (χ1) is 4.54. The molecule has 0 amide bonds. The largest absolute Gasteiger partial charge is 0.291 e. The highest BCUT2D eigenvalue weighted by Gasteiger charge is 2.08. The van der Waals surface area contributed by atoms with E-state index in [1.807, 2.05) is 6.92 Å². The lowest BCUT2D eigenvalue weighted by atomic mass is 10.1. The molecular weight excluding hydrogens is 144 g/mol. The van der Waals surface area contributed by atoms with Gasteiger partial charge in [0, 0.05) is 0 Å². The molecule has 0 aromatic rings.